The molecule has 0 saturated carbocycles. The van der Waals surface area contributed by atoms with Gasteiger partial charge in [0.05, 0.1) is 5.57 Å². The number of unbranched alkanes of at least 4 members (excludes halogenated alkanes) is 1. The van der Waals surface area contributed by atoms with Gasteiger partial charge in [0.25, 0.3) is 5.91 Å². The molecule has 0 radical (unpaired) electrons. The lowest BCUT2D eigenvalue weighted by molar-refractivity contribution is -0.129. The van der Waals surface area contributed by atoms with Gasteiger partial charge in [0.15, 0.2) is 11.5 Å². The summed E-state index contributed by atoms with van der Waals surface area (Å²) < 4.78 is 5.68. The van der Waals surface area contributed by atoms with Crippen LogP contribution in [0.15, 0.2) is 27.9 Å². The molecule has 1 N–H and O–H groups in total. The lowest BCUT2D eigenvalue weighted by atomic mass is 9.83. The Morgan fingerprint density at radius 3 is 2.48 bits per heavy atom. The minimum Gasteiger partial charge on any atom is -0.503 e. The first-order valence-corrected chi connectivity index (χ1v) is 8.03. The number of hydrogen-bond acceptors (Lipinski definition) is 4. The number of aliphatic hydroxyl groups is 1. The zero-order chi connectivity index (χ0) is 17.4. The van der Waals surface area contributed by atoms with Crippen molar-refractivity contribution in [3.05, 3.63) is 35.0 Å². The Morgan fingerprint density at radius 1 is 1.35 bits per heavy atom. The van der Waals surface area contributed by atoms with Gasteiger partial charge in [-0.15, -0.1) is 0 Å². The van der Waals surface area contributed by atoms with Crippen LogP contribution in [0.25, 0.3) is 0 Å². The van der Waals surface area contributed by atoms with Crippen LogP contribution in [0.2, 0.25) is 0 Å². The lowest BCUT2D eigenvalue weighted by Gasteiger charge is -2.27. The minimum absolute atomic E-state index is 0.146. The zero-order valence-electron chi connectivity index (χ0n) is 14.5. The predicted octanol–water partition coefficient (Wildman–Crippen LogP) is 3.70. The molecule has 1 unspecified atom stereocenters. The van der Waals surface area contributed by atoms with E-state index in [0.29, 0.717) is 18.1 Å². The van der Waals surface area contributed by atoms with Crippen molar-refractivity contribution in [3.63, 3.8) is 0 Å². The van der Waals surface area contributed by atoms with E-state index in [2.05, 4.69) is 0 Å². The second kappa shape index (κ2) is 6.22. The first-order chi connectivity index (χ1) is 10.7. The number of carbonyl (C=O) groups is 2. The minimum atomic E-state index is -0.690. The zero-order valence-corrected chi connectivity index (χ0v) is 14.5. The van der Waals surface area contributed by atoms with Crippen molar-refractivity contribution >= 4 is 11.7 Å². The van der Waals surface area contributed by atoms with Gasteiger partial charge in [0.1, 0.15) is 17.6 Å². The molecule has 1 amide bonds. The number of rotatable bonds is 5. The normalized spacial score (nSPS) is 18.9. The number of Topliss-reactive ketones (excluding diaryl/α,β-unsaturated/α-hetero) is 1. The van der Waals surface area contributed by atoms with Crippen LogP contribution in [0, 0.1) is 12.3 Å². The number of amides is 1. The van der Waals surface area contributed by atoms with Gasteiger partial charge in [-0.1, -0.05) is 34.1 Å². The molecule has 126 valence electrons. The number of hydrogen-bond donors (Lipinski definition) is 1. The van der Waals surface area contributed by atoms with E-state index >= 15 is 0 Å². The summed E-state index contributed by atoms with van der Waals surface area (Å²) in [5, 5.41) is 10.3. The van der Waals surface area contributed by atoms with Gasteiger partial charge in [-0.3, -0.25) is 9.59 Å². The molecule has 0 spiro atoms. The summed E-state index contributed by atoms with van der Waals surface area (Å²) in [6.07, 6.45) is 1.71. The fraction of sp³-hybridized carbons (Fsp3) is 0.556. The highest BCUT2D eigenvalue weighted by Gasteiger charge is 2.46. The number of nitrogens with zero attached hydrogens (tertiary/aromatic N) is 1. The Kier molecular flexibility index (Phi) is 4.68. The summed E-state index contributed by atoms with van der Waals surface area (Å²) >= 11 is 0. The fourth-order valence-corrected chi connectivity index (χ4v) is 2.74. The average molecular weight is 319 g/mol. The van der Waals surface area contributed by atoms with Gasteiger partial charge in [-0.25, -0.2) is 0 Å². The van der Waals surface area contributed by atoms with Crippen LogP contribution >= 0.6 is 0 Å². The van der Waals surface area contributed by atoms with Crippen molar-refractivity contribution in [2.45, 2.75) is 53.5 Å². The molecular formula is C18H25NO4. The molecule has 1 aliphatic heterocycles. The van der Waals surface area contributed by atoms with Crippen molar-refractivity contribution < 1.29 is 19.1 Å². The number of aliphatic hydroxyl groups excluding tert-OH is 1. The molecule has 0 bridgehead atoms. The SMILES string of the molecule is CCCCN1C(=O)C(O)=C(C(=O)C(C)(C)C)C1c1ccc(C)o1. The number of carbonyl (C=O) groups excluding carboxylic acids is 2. The lowest BCUT2D eigenvalue weighted by Crippen LogP contribution is -2.33. The van der Waals surface area contributed by atoms with E-state index in [1.807, 2.05) is 13.8 Å². The Hall–Kier alpha value is -2.04. The highest BCUT2D eigenvalue weighted by molar-refractivity contribution is 6.10. The van der Waals surface area contributed by atoms with Crippen LogP contribution in [-0.2, 0) is 9.59 Å². The highest BCUT2D eigenvalue weighted by Crippen LogP contribution is 2.41. The molecule has 23 heavy (non-hydrogen) atoms. The third kappa shape index (κ3) is 3.19. The van der Waals surface area contributed by atoms with E-state index in [1.54, 1.807) is 32.9 Å². The molecule has 0 aliphatic carbocycles. The maximum Gasteiger partial charge on any atom is 0.290 e. The quantitative estimate of drug-likeness (QED) is 0.898. The van der Waals surface area contributed by atoms with E-state index in [-0.39, 0.29) is 11.4 Å². The molecule has 2 heterocycles. The van der Waals surface area contributed by atoms with Crippen molar-refractivity contribution in [1.82, 2.24) is 4.90 Å². The van der Waals surface area contributed by atoms with Crippen LogP contribution in [0.4, 0.5) is 0 Å². The molecule has 0 fully saturated rings. The summed E-state index contributed by atoms with van der Waals surface area (Å²) in [7, 11) is 0. The number of ketones is 1. The Labute approximate surface area is 137 Å². The molecular weight excluding hydrogens is 294 g/mol. The van der Waals surface area contributed by atoms with E-state index in [4.69, 9.17) is 4.42 Å². The molecule has 2 rings (SSSR count). The summed E-state index contributed by atoms with van der Waals surface area (Å²) in [5.74, 6) is 0.0482. The van der Waals surface area contributed by atoms with Crippen molar-refractivity contribution in [1.29, 1.82) is 0 Å². The molecule has 0 saturated heterocycles. The van der Waals surface area contributed by atoms with E-state index in [9.17, 15) is 14.7 Å². The third-order valence-corrected chi connectivity index (χ3v) is 4.01. The monoisotopic (exact) mass is 319 g/mol. The van der Waals surface area contributed by atoms with Gasteiger partial charge in [-0.2, -0.15) is 0 Å². The van der Waals surface area contributed by atoms with E-state index < -0.39 is 23.1 Å². The van der Waals surface area contributed by atoms with Gasteiger partial charge in [0.2, 0.25) is 0 Å². The maximum atomic E-state index is 12.8. The van der Waals surface area contributed by atoms with Crippen molar-refractivity contribution in [2.24, 2.45) is 5.41 Å². The largest absolute Gasteiger partial charge is 0.503 e. The molecule has 1 aromatic rings. The van der Waals surface area contributed by atoms with Crippen LogP contribution in [-0.4, -0.2) is 28.2 Å². The fourth-order valence-electron chi connectivity index (χ4n) is 2.74. The summed E-state index contributed by atoms with van der Waals surface area (Å²) in [4.78, 5) is 26.8. The Bertz CT molecular complexity index is 648. The van der Waals surface area contributed by atoms with Crippen molar-refractivity contribution in [3.8, 4) is 0 Å². The average Bonchev–Trinajstić information content (AvgIpc) is 2.99. The topological polar surface area (TPSA) is 70.8 Å². The Morgan fingerprint density at radius 2 is 2.00 bits per heavy atom. The van der Waals surface area contributed by atoms with Crippen LogP contribution in [0.5, 0.6) is 0 Å². The molecule has 0 aromatic carbocycles. The van der Waals surface area contributed by atoms with Crippen LogP contribution < -0.4 is 0 Å². The number of furan rings is 1. The van der Waals surface area contributed by atoms with E-state index in [0.717, 1.165) is 12.8 Å². The predicted molar refractivity (Wildman–Crippen MR) is 86.9 cm³/mol. The second-order valence-electron chi connectivity index (χ2n) is 7.04. The third-order valence-electron chi connectivity index (χ3n) is 4.01. The second-order valence-corrected chi connectivity index (χ2v) is 7.04. The maximum absolute atomic E-state index is 12.8. The first-order valence-electron chi connectivity index (χ1n) is 8.03. The van der Waals surface area contributed by atoms with Crippen LogP contribution in [0.3, 0.4) is 0 Å². The number of aryl methyl sites for hydroxylation is 1. The molecule has 1 aliphatic rings. The molecule has 5 nitrogen and oxygen atoms in total. The van der Waals surface area contributed by atoms with E-state index in [1.165, 1.54) is 4.90 Å². The summed E-state index contributed by atoms with van der Waals surface area (Å²) in [6, 6.07) is 2.92. The van der Waals surface area contributed by atoms with Crippen molar-refractivity contribution in [2.75, 3.05) is 6.54 Å². The van der Waals surface area contributed by atoms with Gasteiger partial charge < -0.3 is 14.4 Å². The highest BCUT2D eigenvalue weighted by atomic mass is 16.3. The Balaban J connectivity index is 2.51. The van der Waals surface area contributed by atoms with Gasteiger partial charge in [0, 0.05) is 12.0 Å². The summed E-state index contributed by atoms with van der Waals surface area (Å²) in [6.45, 7) is 9.65. The standard InChI is InChI=1S/C18H25NO4/c1-6-7-10-19-14(12-9-8-11(2)23-12)13(15(20)17(19)22)16(21)18(3,4)5/h8-9,14,20H,6-7,10H2,1-5H3. The summed E-state index contributed by atoms with van der Waals surface area (Å²) in [5.41, 5.74) is -0.544. The van der Waals surface area contributed by atoms with Gasteiger partial charge in [-0.05, 0) is 25.5 Å². The smallest absolute Gasteiger partial charge is 0.290 e. The first kappa shape index (κ1) is 17.3. The van der Waals surface area contributed by atoms with Gasteiger partial charge >= 0.3 is 0 Å². The molecule has 5 heteroatoms. The molecule has 1 aromatic heterocycles. The van der Waals surface area contributed by atoms with Crippen LogP contribution in [0.1, 0.15) is 58.1 Å². The molecule has 1 atom stereocenters.